The van der Waals surface area contributed by atoms with Gasteiger partial charge in [0.25, 0.3) is 0 Å². The third kappa shape index (κ3) is 7.01. The van der Waals surface area contributed by atoms with Gasteiger partial charge < -0.3 is 23.3 Å². The summed E-state index contributed by atoms with van der Waals surface area (Å²) in [5, 5.41) is 0. The molecule has 0 N–H and O–H groups in total. The number of halogens is 2. The maximum Gasteiger partial charge on any atom is 0.143 e. The summed E-state index contributed by atoms with van der Waals surface area (Å²) in [4.78, 5) is 8.22. The van der Waals surface area contributed by atoms with E-state index in [2.05, 4.69) is 9.97 Å². The lowest BCUT2D eigenvalue weighted by atomic mass is 10.2. The Morgan fingerprint density at radius 1 is 0.686 bits per heavy atom. The molecular formula is C26H28Cl2N4O3. The zero-order chi connectivity index (χ0) is 24.3. The van der Waals surface area contributed by atoms with Crippen molar-refractivity contribution in [2.75, 3.05) is 25.0 Å². The van der Waals surface area contributed by atoms with E-state index in [9.17, 15) is 0 Å². The highest BCUT2D eigenvalue weighted by molar-refractivity contribution is 6.18. The molecular weight excluding hydrogens is 487 g/mol. The number of para-hydroxylation sites is 4. The number of hydrogen-bond donors (Lipinski definition) is 0. The summed E-state index contributed by atoms with van der Waals surface area (Å²) in [5.41, 5.74) is 1.86. The van der Waals surface area contributed by atoms with Crippen molar-refractivity contribution in [3.8, 4) is 22.9 Å². The van der Waals surface area contributed by atoms with Crippen molar-refractivity contribution in [1.82, 2.24) is 19.1 Å². The maximum atomic E-state index is 6.19. The fourth-order valence-electron chi connectivity index (χ4n) is 3.62. The van der Waals surface area contributed by atoms with Crippen LogP contribution < -0.4 is 9.47 Å². The molecule has 2 aromatic carbocycles. The standard InChI is InChI=1S/C26H28Cl2N4O3/c27-17-21(9-15-33-25-7-3-1-5-23(25)31-13-11-29-19-31)35-22(18-28)10-16-34-26-8-4-2-6-24(26)32-14-12-30-20-32/h1-8,11-14,19-22H,9-10,15-18H2. The van der Waals surface area contributed by atoms with Crippen LogP contribution in [0.4, 0.5) is 0 Å². The van der Waals surface area contributed by atoms with Gasteiger partial charge in [0.15, 0.2) is 0 Å². The third-order valence-corrected chi connectivity index (χ3v) is 6.11. The van der Waals surface area contributed by atoms with E-state index in [4.69, 9.17) is 37.4 Å². The monoisotopic (exact) mass is 514 g/mol. The first-order chi connectivity index (χ1) is 17.3. The summed E-state index contributed by atoms with van der Waals surface area (Å²) in [7, 11) is 0. The molecule has 0 fully saturated rings. The molecule has 0 saturated heterocycles. The number of rotatable bonds is 14. The SMILES string of the molecule is ClCC(CCOc1ccccc1-n1ccnc1)OC(CCl)CCOc1ccccc1-n1ccnc1. The molecule has 2 aromatic heterocycles. The summed E-state index contributed by atoms with van der Waals surface area (Å²) < 4.78 is 22.1. The van der Waals surface area contributed by atoms with Gasteiger partial charge in [-0.2, -0.15) is 0 Å². The molecule has 0 aliphatic heterocycles. The largest absolute Gasteiger partial charge is 0.491 e. The number of imidazole rings is 2. The van der Waals surface area contributed by atoms with E-state index in [0.29, 0.717) is 37.8 Å². The lowest BCUT2D eigenvalue weighted by Gasteiger charge is -2.23. The van der Waals surface area contributed by atoms with Crippen molar-refractivity contribution in [2.45, 2.75) is 25.0 Å². The summed E-state index contributed by atoms with van der Waals surface area (Å²) in [5.74, 6) is 2.25. The molecule has 2 atom stereocenters. The highest BCUT2D eigenvalue weighted by Gasteiger charge is 2.17. The number of aromatic nitrogens is 4. The Bertz CT molecular complexity index is 1050. The fraction of sp³-hybridized carbons (Fsp3) is 0.308. The maximum absolute atomic E-state index is 6.19. The zero-order valence-electron chi connectivity index (χ0n) is 19.2. The zero-order valence-corrected chi connectivity index (χ0v) is 20.8. The highest BCUT2D eigenvalue weighted by Crippen LogP contribution is 2.24. The van der Waals surface area contributed by atoms with Crippen LogP contribution in [0.3, 0.4) is 0 Å². The molecule has 7 nitrogen and oxygen atoms in total. The first-order valence-electron chi connectivity index (χ1n) is 11.5. The van der Waals surface area contributed by atoms with Crippen molar-refractivity contribution in [1.29, 1.82) is 0 Å². The van der Waals surface area contributed by atoms with Crippen molar-refractivity contribution in [3.05, 3.63) is 86.0 Å². The lowest BCUT2D eigenvalue weighted by molar-refractivity contribution is -0.00743. The molecule has 0 radical (unpaired) electrons. The smallest absolute Gasteiger partial charge is 0.143 e. The molecule has 0 aliphatic carbocycles. The second-order valence-electron chi connectivity index (χ2n) is 7.84. The molecule has 2 unspecified atom stereocenters. The van der Waals surface area contributed by atoms with E-state index in [0.717, 1.165) is 22.9 Å². The van der Waals surface area contributed by atoms with Crippen LogP contribution in [0, 0.1) is 0 Å². The third-order valence-electron chi connectivity index (χ3n) is 5.42. The predicted molar refractivity (Wildman–Crippen MR) is 137 cm³/mol. The highest BCUT2D eigenvalue weighted by atomic mass is 35.5. The second-order valence-corrected chi connectivity index (χ2v) is 8.46. The van der Waals surface area contributed by atoms with Crippen LogP contribution in [-0.4, -0.2) is 56.3 Å². The van der Waals surface area contributed by atoms with Gasteiger partial charge in [0.05, 0.1) is 49.5 Å². The minimum Gasteiger partial charge on any atom is -0.491 e. The average molecular weight is 515 g/mol. The molecule has 0 bridgehead atoms. The van der Waals surface area contributed by atoms with Crippen LogP contribution >= 0.6 is 23.2 Å². The fourth-order valence-corrected chi connectivity index (χ4v) is 4.08. The molecule has 4 rings (SSSR count). The summed E-state index contributed by atoms with van der Waals surface area (Å²) >= 11 is 12.4. The van der Waals surface area contributed by atoms with Gasteiger partial charge in [-0.3, -0.25) is 0 Å². The van der Waals surface area contributed by atoms with E-state index in [1.165, 1.54) is 0 Å². The van der Waals surface area contributed by atoms with Gasteiger partial charge in [-0.25, -0.2) is 9.97 Å². The van der Waals surface area contributed by atoms with Gasteiger partial charge in [-0.15, -0.1) is 23.2 Å². The first-order valence-corrected chi connectivity index (χ1v) is 12.5. The number of benzene rings is 2. The average Bonchev–Trinajstić information content (AvgIpc) is 3.63. The van der Waals surface area contributed by atoms with Gasteiger partial charge in [0.2, 0.25) is 0 Å². The Labute approximate surface area is 215 Å². The number of nitrogens with zero attached hydrogens (tertiary/aromatic N) is 4. The number of alkyl halides is 2. The first kappa shape index (κ1) is 25.1. The minimum atomic E-state index is -0.181. The van der Waals surface area contributed by atoms with Crippen LogP contribution in [0.1, 0.15) is 12.8 Å². The van der Waals surface area contributed by atoms with Gasteiger partial charge in [0.1, 0.15) is 11.5 Å². The lowest BCUT2D eigenvalue weighted by Crippen LogP contribution is -2.28. The summed E-state index contributed by atoms with van der Waals surface area (Å²) in [6.07, 6.45) is 11.6. The van der Waals surface area contributed by atoms with E-state index in [-0.39, 0.29) is 12.2 Å². The molecule has 184 valence electrons. The van der Waals surface area contributed by atoms with Gasteiger partial charge in [0, 0.05) is 49.4 Å². The predicted octanol–water partition coefficient (Wildman–Crippen LogP) is 5.53. The second kappa shape index (κ2) is 13.2. The van der Waals surface area contributed by atoms with E-state index in [1.807, 2.05) is 70.1 Å². The molecule has 35 heavy (non-hydrogen) atoms. The van der Waals surface area contributed by atoms with Crippen LogP contribution in [0.25, 0.3) is 11.4 Å². The van der Waals surface area contributed by atoms with Crippen LogP contribution in [0.5, 0.6) is 11.5 Å². The van der Waals surface area contributed by atoms with Crippen LogP contribution in [0.15, 0.2) is 86.0 Å². The molecule has 4 aromatic rings. The molecule has 0 amide bonds. The summed E-state index contributed by atoms with van der Waals surface area (Å²) in [6.45, 7) is 0.930. The Balaban J connectivity index is 1.26. The minimum absolute atomic E-state index is 0.181. The Hall–Kier alpha value is -3.00. The van der Waals surface area contributed by atoms with Gasteiger partial charge >= 0.3 is 0 Å². The summed E-state index contributed by atoms with van der Waals surface area (Å²) in [6, 6.07) is 15.7. The van der Waals surface area contributed by atoms with Crippen molar-refractivity contribution >= 4 is 23.2 Å². The molecule has 9 heteroatoms. The normalized spacial score (nSPS) is 12.9. The number of ether oxygens (including phenoxy) is 3. The van der Waals surface area contributed by atoms with E-state index >= 15 is 0 Å². The van der Waals surface area contributed by atoms with Crippen molar-refractivity contribution in [3.63, 3.8) is 0 Å². The number of hydrogen-bond acceptors (Lipinski definition) is 5. The Kier molecular flexibility index (Phi) is 9.46. The van der Waals surface area contributed by atoms with Crippen molar-refractivity contribution in [2.24, 2.45) is 0 Å². The molecule has 0 saturated carbocycles. The Morgan fingerprint density at radius 3 is 1.54 bits per heavy atom. The molecule has 2 heterocycles. The van der Waals surface area contributed by atoms with E-state index < -0.39 is 0 Å². The molecule has 0 spiro atoms. The Morgan fingerprint density at radius 2 is 1.14 bits per heavy atom. The topological polar surface area (TPSA) is 63.3 Å². The van der Waals surface area contributed by atoms with Gasteiger partial charge in [-0.1, -0.05) is 24.3 Å². The van der Waals surface area contributed by atoms with E-state index in [1.54, 1.807) is 25.0 Å². The quantitative estimate of drug-likeness (QED) is 0.207. The van der Waals surface area contributed by atoms with Crippen LogP contribution in [-0.2, 0) is 4.74 Å². The van der Waals surface area contributed by atoms with Gasteiger partial charge in [-0.05, 0) is 24.3 Å². The molecule has 0 aliphatic rings. The van der Waals surface area contributed by atoms with Crippen LogP contribution in [0.2, 0.25) is 0 Å². The van der Waals surface area contributed by atoms with Crippen molar-refractivity contribution < 1.29 is 14.2 Å².